The molecule has 0 saturated heterocycles. The molecule has 30 heavy (non-hydrogen) atoms. The Morgan fingerprint density at radius 1 is 1.13 bits per heavy atom. The predicted octanol–water partition coefficient (Wildman–Crippen LogP) is 4.81. The number of carbonyl (C=O) groups excluding carboxylic acids is 1. The van der Waals surface area contributed by atoms with Crippen LogP contribution in [-0.2, 0) is 11.2 Å². The summed E-state index contributed by atoms with van der Waals surface area (Å²) in [5.74, 6) is 0.725. The van der Waals surface area contributed by atoms with Crippen LogP contribution in [0.15, 0.2) is 46.9 Å². The standard InChI is InChI=1S/C19H19BrCl3N3O3S/c1-28-14-7-6-11(15(10-14)29-2)8-16(27)25-17(19(21,22)23)26-18(30)24-13-5-3-4-12(20)9-13/h3-7,9-10,17H,8H2,1-2H3,(H,25,27)(H2,24,26,30). The average molecular weight is 556 g/mol. The number of hydrogen-bond donors (Lipinski definition) is 3. The zero-order valence-corrected chi connectivity index (χ0v) is 20.6. The lowest BCUT2D eigenvalue weighted by Crippen LogP contribution is -2.56. The van der Waals surface area contributed by atoms with Crippen LogP contribution < -0.4 is 25.4 Å². The van der Waals surface area contributed by atoms with Crippen molar-refractivity contribution in [2.75, 3.05) is 19.5 Å². The van der Waals surface area contributed by atoms with Gasteiger partial charge in [-0.25, -0.2) is 0 Å². The number of anilines is 1. The van der Waals surface area contributed by atoms with Gasteiger partial charge in [0.2, 0.25) is 9.70 Å². The van der Waals surface area contributed by atoms with E-state index in [4.69, 9.17) is 56.5 Å². The van der Waals surface area contributed by atoms with Gasteiger partial charge in [0, 0.05) is 21.8 Å². The molecule has 6 nitrogen and oxygen atoms in total. The van der Waals surface area contributed by atoms with Crippen molar-refractivity contribution in [3.63, 3.8) is 0 Å². The molecule has 0 spiro atoms. The van der Waals surface area contributed by atoms with Crippen LogP contribution in [0.1, 0.15) is 5.56 Å². The van der Waals surface area contributed by atoms with Crippen LogP contribution in [-0.4, -0.2) is 35.2 Å². The Bertz CT molecular complexity index is 912. The first-order valence-corrected chi connectivity index (χ1v) is 10.9. The van der Waals surface area contributed by atoms with Gasteiger partial charge in [0.05, 0.1) is 20.6 Å². The molecule has 1 unspecified atom stereocenters. The zero-order valence-electron chi connectivity index (χ0n) is 16.0. The first kappa shape index (κ1) is 24.8. The van der Waals surface area contributed by atoms with Gasteiger partial charge in [-0.15, -0.1) is 0 Å². The van der Waals surface area contributed by atoms with E-state index in [1.807, 2.05) is 24.3 Å². The van der Waals surface area contributed by atoms with E-state index in [1.54, 1.807) is 25.3 Å². The van der Waals surface area contributed by atoms with E-state index in [0.717, 1.165) is 10.2 Å². The van der Waals surface area contributed by atoms with Crippen molar-refractivity contribution >= 4 is 79.7 Å². The van der Waals surface area contributed by atoms with E-state index in [-0.39, 0.29) is 11.5 Å². The smallest absolute Gasteiger partial charge is 0.228 e. The predicted molar refractivity (Wildman–Crippen MR) is 129 cm³/mol. The molecule has 2 aromatic carbocycles. The van der Waals surface area contributed by atoms with Crippen LogP contribution in [0.4, 0.5) is 5.69 Å². The summed E-state index contributed by atoms with van der Waals surface area (Å²) in [7, 11) is 3.05. The SMILES string of the molecule is COc1ccc(CC(=O)NC(NC(=S)Nc2cccc(Br)c2)C(Cl)(Cl)Cl)c(OC)c1. The molecule has 2 aromatic rings. The monoisotopic (exact) mass is 553 g/mol. The van der Waals surface area contributed by atoms with Crippen molar-refractivity contribution in [3.05, 3.63) is 52.5 Å². The minimum absolute atomic E-state index is 0.00207. The number of halogens is 4. The third kappa shape index (κ3) is 7.67. The zero-order chi connectivity index (χ0) is 22.3. The summed E-state index contributed by atoms with van der Waals surface area (Å²) < 4.78 is 9.48. The molecular formula is C19H19BrCl3N3O3S. The molecule has 162 valence electrons. The number of nitrogens with one attached hydrogen (secondary N) is 3. The summed E-state index contributed by atoms with van der Waals surface area (Å²) in [5.41, 5.74) is 1.37. The fourth-order valence-electron chi connectivity index (χ4n) is 2.45. The number of carbonyl (C=O) groups is 1. The summed E-state index contributed by atoms with van der Waals surface area (Å²) >= 11 is 26.8. The summed E-state index contributed by atoms with van der Waals surface area (Å²) in [4.78, 5) is 12.6. The molecule has 2 rings (SSSR count). The molecule has 0 radical (unpaired) electrons. The number of rotatable bonds is 7. The number of thiocarbonyl (C=S) groups is 1. The van der Waals surface area contributed by atoms with Crippen molar-refractivity contribution in [1.82, 2.24) is 10.6 Å². The molecule has 0 aliphatic heterocycles. The summed E-state index contributed by atoms with van der Waals surface area (Å²) in [6, 6.07) is 12.5. The molecule has 11 heteroatoms. The molecular weight excluding hydrogens is 537 g/mol. The van der Waals surface area contributed by atoms with Crippen LogP contribution in [0.2, 0.25) is 0 Å². The van der Waals surface area contributed by atoms with Crippen molar-refractivity contribution in [1.29, 1.82) is 0 Å². The normalized spacial score (nSPS) is 11.9. The topological polar surface area (TPSA) is 71.6 Å². The third-order valence-electron chi connectivity index (χ3n) is 3.84. The van der Waals surface area contributed by atoms with Gasteiger partial charge in [0.25, 0.3) is 0 Å². The second kappa shape index (κ2) is 11.2. The van der Waals surface area contributed by atoms with Crippen LogP contribution >= 0.6 is 63.0 Å². The lowest BCUT2D eigenvalue weighted by Gasteiger charge is -2.28. The number of hydrogen-bond acceptors (Lipinski definition) is 4. The van der Waals surface area contributed by atoms with Crippen LogP contribution in [0, 0.1) is 0 Å². The summed E-state index contributed by atoms with van der Waals surface area (Å²) in [5, 5.41) is 8.60. The van der Waals surface area contributed by atoms with Crippen LogP contribution in [0.25, 0.3) is 0 Å². The van der Waals surface area contributed by atoms with Gasteiger partial charge in [-0.2, -0.15) is 0 Å². The lowest BCUT2D eigenvalue weighted by atomic mass is 10.1. The van der Waals surface area contributed by atoms with Gasteiger partial charge in [0.1, 0.15) is 17.7 Å². The van der Waals surface area contributed by atoms with E-state index in [9.17, 15) is 4.79 Å². The number of alkyl halides is 3. The largest absolute Gasteiger partial charge is 0.497 e. The Labute approximate surface area is 203 Å². The van der Waals surface area contributed by atoms with Gasteiger partial charge >= 0.3 is 0 Å². The quantitative estimate of drug-likeness (QED) is 0.259. The molecule has 0 saturated carbocycles. The maximum Gasteiger partial charge on any atom is 0.228 e. The fraction of sp³-hybridized carbons (Fsp3) is 0.263. The van der Waals surface area contributed by atoms with Crippen LogP contribution in [0.3, 0.4) is 0 Å². The maximum absolute atomic E-state index is 12.6. The van der Waals surface area contributed by atoms with E-state index in [2.05, 4.69) is 31.9 Å². The fourth-order valence-corrected chi connectivity index (χ4v) is 3.41. The van der Waals surface area contributed by atoms with E-state index in [1.165, 1.54) is 7.11 Å². The maximum atomic E-state index is 12.6. The first-order valence-electron chi connectivity index (χ1n) is 8.52. The Morgan fingerprint density at radius 3 is 2.47 bits per heavy atom. The van der Waals surface area contributed by atoms with Gasteiger partial charge in [0.15, 0.2) is 5.11 Å². The van der Waals surface area contributed by atoms with Crippen molar-refractivity contribution in [2.24, 2.45) is 0 Å². The number of ether oxygens (including phenoxy) is 2. The highest BCUT2D eigenvalue weighted by Gasteiger charge is 2.34. The summed E-state index contributed by atoms with van der Waals surface area (Å²) in [6.07, 6.45) is -1.08. The van der Waals surface area contributed by atoms with Crippen LogP contribution in [0.5, 0.6) is 11.5 Å². The molecule has 1 atom stereocenters. The molecule has 0 aliphatic rings. The molecule has 3 N–H and O–H groups in total. The molecule has 0 aromatic heterocycles. The minimum Gasteiger partial charge on any atom is -0.497 e. The average Bonchev–Trinajstić information content (AvgIpc) is 2.67. The third-order valence-corrected chi connectivity index (χ3v) is 5.20. The second-order valence-electron chi connectivity index (χ2n) is 6.01. The van der Waals surface area contributed by atoms with Gasteiger partial charge in [-0.3, -0.25) is 4.79 Å². The molecule has 0 heterocycles. The van der Waals surface area contributed by atoms with Gasteiger partial charge in [-0.1, -0.05) is 62.9 Å². The molecule has 0 bridgehead atoms. The Balaban J connectivity index is 2.05. The summed E-state index contributed by atoms with van der Waals surface area (Å²) in [6.45, 7) is 0. The van der Waals surface area contributed by atoms with Crippen molar-refractivity contribution in [3.8, 4) is 11.5 Å². The highest BCUT2D eigenvalue weighted by Crippen LogP contribution is 2.30. The van der Waals surface area contributed by atoms with E-state index < -0.39 is 15.9 Å². The number of methoxy groups -OCH3 is 2. The molecule has 0 aliphatic carbocycles. The Kier molecular flexibility index (Phi) is 9.31. The van der Waals surface area contributed by atoms with Crippen molar-refractivity contribution in [2.45, 2.75) is 16.4 Å². The van der Waals surface area contributed by atoms with E-state index >= 15 is 0 Å². The second-order valence-corrected chi connectivity index (χ2v) is 9.70. The highest BCUT2D eigenvalue weighted by atomic mass is 79.9. The first-order chi connectivity index (χ1) is 14.1. The van der Waals surface area contributed by atoms with E-state index in [0.29, 0.717) is 17.1 Å². The Hall–Kier alpha value is -1.45. The number of benzene rings is 2. The lowest BCUT2D eigenvalue weighted by molar-refractivity contribution is -0.121. The highest BCUT2D eigenvalue weighted by molar-refractivity contribution is 9.10. The molecule has 0 fully saturated rings. The minimum atomic E-state index is -1.86. The van der Waals surface area contributed by atoms with Gasteiger partial charge in [-0.05, 0) is 36.5 Å². The van der Waals surface area contributed by atoms with Crippen molar-refractivity contribution < 1.29 is 14.3 Å². The molecule has 1 amide bonds. The number of amides is 1. The Morgan fingerprint density at radius 2 is 1.87 bits per heavy atom. The van der Waals surface area contributed by atoms with Gasteiger partial charge < -0.3 is 25.4 Å².